The van der Waals surface area contributed by atoms with Gasteiger partial charge in [0, 0.05) is 25.2 Å². The predicted molar refractivity (Wildman–Crippen MR) is 86.1 cm³/mol. The van der Waals surface area contributed by atoms with Gasteiger partial charge in [-0.15, -0.1) is 0 Å². The molecule has 1 aromatic rings. The van der Waals surface area contributed by atoms with Gasteiger partial charge in [-0.25, -0.2) is 0 Å². The van der Waals surface area contributed by atoms with Gasteiger partial charge >= 0.3 is 0 Å². The number of halogens is 1. The molecule has 1 amide bonds. The lowest BCUT2D eigenvalue weighted by Crippen LogP contribution is -2.49. The Hall–Kier alpha value is -1.30. The summed E-state index contributed by atoms with van der Waals surface area (Å²) < 4.78 is 5.15. The number of hydrogen-bond acceptors (Lipinski definition) is 4. The molecule has 6 heteroatoms. The van der Waals surface area contributed by atoms with Crippen molar-refractivity contribution in [3.05, 3.63) is 28.8 Å². The van der Waals surface area contributed by atoms with Gasteiger partial charge in [-0.2, -0.15) is 0 Å². The van der Waals surface area contributed by atoms with Gasteiger partial charge in [0.2, 0.25) is 5.91 Å². The van der Waals surface area contributed by atoms with E-state index in [-0.39, 0.29) is 12.3 Å². The van der Waals surface area contributed by atoms with Crippen LogP contribution in [0.5, 0.6) is 5.75 Å². The number of benzene rings is 1. The summed E-state index contributed by atoms with van der Waals surface area (Å²) in [6.07, 6.45) is 1.64. The maximum atomic E-state index is 11.6. The number of nitrogens with one attached hydrogen (secondary N) is 1. The number of hydrogen-bond donors (Lipinski definition) is 2. The fourth-order valence-electron chi connectivity index (χ4n) is 2.90. The van der Waals surface area contributed by atoms with Crippen molar-refractivity contribution in [2.75, 3.05) is 27.2 Å². The molecule has 0 aliphatic carbocycles. The van der Waals surface area contributed by atoms with Crippen LogP contribution in [0.1, 0.15) is 24.8 Å². The van der Waals surface area contributed by atoms with Crippen LogP contribution in [-0.4, -0.2) is 48.8 Å². The Labute approximate surface area is 136 Å². The molecule has 1 atom stereocenters. The van der Waals surface area contributed by atoms with Gasteiger partial charge in [0.1, 0.15) is 5.75 Å². The highest BCUT2D eigenvalue weighted by molar-refractivity contribution is 6.31. The Bertz CT molecular complexity index is 538. The lowest BCUT2D eigenvalue weighted by Gasteiger charge is -2.39. The molecule has 0 bridgehead atoms. The molecule has 1 saturated heterocycles. The van der Waals surface area contributed by atoms with Crippen LogP contribution in [-0.2, 0) is 11.3 Å². The number of methoxy groups -OCH3 is 1. The molecule has 1 aromatic carbocycles. The van der Waals surface area contributed by atoms with Gasteiger partial charge < -0.3 is 15.2 Å². The average molecular weight is 327 g/mol. The van der Waals surface area contributed by atoms with Crippen LogP contribution < -0.4 is 10.1 Å². The number of carbonyl (C=O) groups excluding carboxylic acids is 1. The number of nitrogens with zero attached hydrogens (tertiary/aromatic N) is 1. The van der Waals surface area contributed by atoms with Crippen LogP contribution in [0, 0.1) is 0 Å². The molecule has 2 N–H and O–H groups in total. The first kappa shape index (κ1) is 17.1. The summed E-state index contributed by atoms with van der Waals surface area (Å²) in [4.78, 5) is 13.7. The number of aliphatic hydroxyl groups is 1. The zero-order valence-electron chi connectivity index (χ0n) is 13.1. The van der Waals surface area contributed by atoms with Crippen molar-refractivity contribution in [2.45, 2.75) is 31.4 Å². The van der Waals surface area contributed by atoms with Gasteiger partial charge in [0.15, 0.2) is 0 Å². The van der Waals surface area contributed by atoms with Crippen molar-refractivity contribution in [3.8, 4) is 5.75 Å². The smallest absolute Gasteiger partial charge is 0.222 e. The third-order valence-corrected chi connectivity index (χ3v) is 4.41. The molecule has 1 heterocycles. The van der Waals surface area contributed by atoms with E-state index >= 15 is 0 Å². The number of piperidine rings is 1. The number of β-amino-alcohol motifs (C(OH)–C–C–N with tert-alkyl or cyclic N) is 1. The van der Waals surface area contributed by atoms with Crippen molar-refractivity contribution in [1.29, 1.82) is 0 Å². The van der Waals surface area contributed by atoms with E-state index in [1.807, 2.05) is 12.1 Å². The average Bonchev–Trinajstić information content (AvgIpc) is 2.48. The molecule has 0 spiro atoms. The highest BCUT2D eigenvalue weighted by Gasteiger charge is 2.35. The van der Waals surface area contributed by atoms with Gasteiger partial charge in [0.25, 0.3) is 0 Å². The van der Waals surface area contributed by atoms with Gasteiger partial charge in [0.05, 0.1) is 19.1 Å². The summed E-state index contributed by atoms with van der Waals surface area (Å²) >= 11 is 6.27. The second-order valence-electron chi connectivity index (χ2n) is 5.85. The van der Waals surface area contributed by atoms with E-state index in [4.69, 9.17) is 16.3 Å². The van der Waals surface area contributed by atoms with Crippen molar-refractivity contribution < 1.29 is 14.6 Å². The first-order valence-electron chi connectivity index (χ1n) is 7.43. The van der Waals surface area contributed by atoms with E-state index < -0.39 is 5.60 Å². The normalized spacial score (nSPS) is 22.4. The number of likely N-dealkylation sites (tertiary alicyclic amines) is 1. The zero-order chi connectivity index (χ0) is 16.2. The highest BCUT2D eigenvalue weighted by atomic mass is 35.5. The summed E-state index contributed by atoms with van der Waals surface area (Å²) in [6.45, 7) is 2.01. The van der Waals surface area contributed by atoms with Crippen molar-refractivity contribution >= 4 is 17.5 Å². The quantitative estimate of drug-likeness (QED) is 0.866. The largest absolute Gasteiger partial charge is 0.497 e. The van der Waals surface area contributed by atoms with E-state index in [9.17, 15) is 9.90 Å². The number of amides is 1. The third kappa shape index (κ3) is 4.35. The van der Waals surface area contributed by atoms with E-state index in [1.165, 1.54) is 0 Å². The minimum atomic E-state index is -0.961. The number of ether oxygens (including phenoxy) is 1. The molecule has 0 radical (unpaired) electrons. The van der Waals surface area contributed by atoms with Gasteiger partial charge in [-0.05, 0) is 37.1 Å². The van der Waals surface area contributed by atoms with E-state index in [1.54, 1.807) is 20.2 Å². The van der Waals surface area contributed by atoms with Crippen LogP contribution in [0.25, 0.3) is 0 Å². The second kappa shape index (κ2) is 7.31. The maximum absolute atomic E-state index is 11.6. The summed E-state index contributed by atoms with van der Waals surface area (Å²) in [5.74, 6) is 0.593. The number of carbonyl (C=O) groups is 1. The minimum absolute atomic E-state index is 0.133. The predicted octanol–water partition coefficient (Wildman–Crippen LogP) is 1.81. The second-order valence-corrected chi connectivity index (χ2v) is 6.25. The molecule has 1 fully saturated rings. The molecular weight excluding hydrogens is 304 g/mol. The van der Waals surface area contributed by atoms with Crippen LogP contribution in [0.15, 0.2) is 18.2 Å². The van der Waals surface area contributed by atoms with Crippen molar-refractivity contribution in [1.82, 2.24) is 10.2 Å². The fraction of sp³-hybridized carbons (Fsp3) is 0.562. The van der Waals surface area contributed by atoms with Crippen LogP contribution >= 0.6 is 11.6 Å². The Morgan fingerprint density at radius 3 is 2.95 bits per heavy atom. The monoisotopic (exact) mass is 326 g/mol. The molecule has 1 unspecified atom stereocenters. The highest BCUT2D eigenvalue weighted by Crippen LogP contribution is 2.28. The molecule has 2 rings (SSSR count). The van der Waals surface area contributed by atoms with Gasteiger partial charge in [-0.1, -0.05) is 17.7 Å². The summed E-state index contributed by atoms with van der Waals surface area (Å²) in [5.41, 5.74) is 0.0313. The maximum Gasteiger partial charge on any atom is 0.222 e. The molecule has 1 aliphatic heterocycles. The van der Waals surface area contributed by atoms with Crippen molar-refractivity contribution in [2.24, 2.45) is 0 Å². The van der Waals surface area contributed by atoms with Crippen LogP contribution in [0.3, 0.4) is 0 Å². The Balaban J connectivity index is 2.02. The fourth-order valence-corrected chi connectivity index (χ4v) is 3.13. The molecule has 122 valence electrons. The first-order valence-corrected chi connectivity index (χ1v) is 7.81. The Morgan fingerprint density at radius 2 is 2.32 bits per heavy atom. The Morgan fingerprint density at radius 1 is 1.55 bits per heavy atom. The van der Waals surface area contributed by atoms with E-state index in [2.05, 4.69) is 10.2 Å². The minimum Gasteiger partial charge on any atom is -0.497 e. The molecular formula is C16H23ClN2O3. The summed E-state index contributed by atoms with van der Waals surface area (Å²) in [7, 11) is 3.19. The SMILES string of the molecule is CNC(=O)CC1(O)CCCN(Cc2ccc(OC)cc2Cl)C1. The van der Waals surface area contributed by atoms with E-state index in [0.29, 0.717) is 24.5 Å². The molecule has 5 nitrogen and oxygen atoms in total. The lowest BCUT2D eigenvalue weighted by molar-refractivity contribution is -0.128. The summed E-state index contributed by atoms with van der Waals surface area (Å²) in [5, 5.41) is 13.8. The van der Waals surface area contributed by atoms with Gasteiger partial charge in [-0.3, -0.25) is 9.69 Å². The summed E-state index contributed by atoms with van der Waals surface area (Å²) in [6, 6.07) is 5.60. The number of rotatable bonds is 5. The van der Waals surface area contributed by atoms with Crippen molar-refractivity contribution in [3.63, 3.8) is 0 Å². The standard InChI is InChI=1S/C16H23ClN2O3/c1-18-15(20)9-16(21)6-3-7-19(11-16)10-12-4-5-13(22-2)8-14(12)17/h4-5,8,21H,3,6-7,9-11H2,1-2H3,(H,18,20). The van der Waals surface area contributed by atoms with Crippen LogP contribution in [0.4, 0.5) is 0 Å². The molecule has 0 saturated carbocycles. The van der Waals surface area contributed by atoms with Crippen LogP contribution in [0.2, 0.25) is 5.02 Å². The third-order valence-electron chi connectivity index (χ3n) is 4.06. The molecule has 1 aliphatic rings. The Kier molecular flexibility index (Phi) is 5.67. The zero-order valence-corrected chi connectivity index (χ0v) is 13.8. The molecule has 0 aromatic heterocycles. The lowest BCUT2D eigenvalue weighted by atomic mass is 9.89. The molecule has 22 heavy (non-hydrogen) atoms. The topological polar surface area (TPSA) is 61.8 Å². The van der Waals surface area contributed by atoms with E-state index in [0.717, 1.165) is 24.3 Å². The first-order chi connectivity index (χ1) is 10.5.